The van der Waals surface area contributed by atoms with Crippen molar-refractivity contribution in [1.82, 2.24) is 0 Å². The second-order valence-corrected chi connectivity index (χ2v) is 4.85. The van der Waals surface area contributed by atoms with E-state index in [1.807, 2.05) is 0 Å². The number of aromatic carboxylic acids is 1. The molecular weight excluding hydrogens is 310 g/mol. The van der Waals surface area contributed by atoms with Crippen LogP contribution in [0.5, 0.6) is 11.5 Å². The lowest BCUT2D eigenvalue weighted by Gasteiger charge is -2.11. The molecule has 2 rings (SSSR count). The maximum Gasteiger partial charge on any atom is 0.341 e. The van der Waals surface area contributed by atoms with Gasteiger partial charge in [0.15, 0.2) is 0 Å². The van der Waals surface area contributed by atoms with Crippen LogP contribution in [0.2, 0.25) is 15.1 Å². The lowest BCUT2D eigenvalue weighted by atomic mass is 10.2. The van der Waals surface area contributed by atoms with E-state index >= 15 is 0 Å². The molecule has 1 N–H and O–H groups in total. The van der Waals surface area contributed by atoms with Gasteiger partial charge in [0.05, 0.1) is 10.0 Å². The number of rotatable bonds is 3. The molecule has 0 aromatic heterocycles. The van der Waals surface area contributed by atoms with Gasteiger partial charge in [-0.05, 0) is 30.3 Å². The first kappa shape index (κ1) is 14.0. The second kappa shape index (κ2) is 5.70. The second-order valence-electron chi connectivity index (χ2n) is 3.59. The van der Waals surface area contributed by atoms with Gasteiger partial charge in [0, 0.05) is 5.02 Å². The zero-order chi connectivity index (χ0) is 14.0. The first-order valence-corrected chi connectivity index (χ1v) is 6.27. The molecule has 0 aliphatic carbocycles. The van der Waals surface area contributed by atoms with Crippen LogP contribution in [0.1, 0.15) is 10.4 Å². The fraction of sp³-hybridized carbons (Fsp3) is 0. The predicted octanol–water partition coefficient (Wildman–Crippen LogP) is 5.14. The van der Waals surface area contributed by atoms with Crippen molar-refractivity contribution >= 4 is 40.8 Å². The lowest BCUT2D eigenvalue weighted by Crippen LogP contribution is -2.01. The summed E-state index contributed by atoms with van der Waals surface area (Å²) in [7, 11) is 0. The van der Waals surface area contributed by atoms with Gasteiger partial charge in [0.1, 0.15) is 17.1 Å². The van der Waals surface area contributed by atoms with E-state index in [4.69, 9.17) is 44.6 Å². The zero-order valence-electron chi connectivity index (χ0n) is 9.36. The van der Waals surface area contributed by atoms with Crippen LogP contribution in [0.4, 0.5) is 0 Å². The van der Waals surface area contributed by atoms with Gasteiger partial charge in [-0.25, -0.2) is 4.79 Å². The Morgan fingerprint density at radius 2 is 1.74 bits per heavy atom. The number of ether oxygens (including phenoxy) is 1. The standard InChI is InChI=1S/C13H7Cl3O3/c14-7-4-5-10(9(16)6-7)19-11-3-1-2-8(15)12(11)13(17)18/h1-6H,(H,17,18). The molecule has 0 heterocycles. The van der Waals surface area contributed by atoms with E-state index in [1.54, 1.807) is 18.2 Å². The molecule has 0 bridgehead atoms. The molecule has 0 saturated heterocycles. The van der Waals surface area contributed by atoms with Gasteiger partial charge < -0.3 is 9.84 Å². The van der Waals surface area contributed by atoms with Crippen molar-refractivity contribution in [2.24, 2.45) is 0 Å². The van der Waals surface area contributed by atoms with E-state index in [0.717, 1.165) is 0 Å². The summed E-state index contributed by atoms with van der Waals surface area (Å²) >= 11 is 17.6. The molecule has 0 fully saturated rings. The van der Waals surface area contributed by atoms with Gasteiger partial charge in [-0.2, -0.15) is 0 Å². The molecule has 3 nitrogen and oxygen atoms in total. The van der Waals surface area contributed by atoms with Crippen LogP contribution in [-0.2, 0) is 0 Å². The van der Waals surface area contributed by atoms with Crippen molar-refractivity contribution in [3.63, 3.8) is 0 Å². The van der Waals surface area contributed by atoms with Crippen molar-refractivity contribution in [1.29, 1.82) is 0 Å². The Bertz CT molecular complexity index is 641. The van der Waals surface area contributed by atoms with Crippen LogP contribution in [0.25, 0.3) is 0 Å². The summed E-state index contributed by atoms with van der Waals surface area (Å²) < 4.78 is 5.48. The van der Waals surface area contributed by atoms with Crippen LogP contribution in [0, 0.1) is 0 Å². The fourth-order valence-corrected chi connectivity index (χ4v) is 2.17. The van der Waals surface area contributed by atoms with Crippen molar-refractivity contribution in [2.45, 2.75) is 0 Å². The van der Waals surface area contributed by atoms with E-state index in [-0.39, 0.29) is 21.4 Å². The summed E-state index contributed by atoms with van der Waals surface area (Å²) in [5, 5.41) is 9.95. The monoisotopic (exact) mass is 316 g/mol. The highest BCUT2D eigenvalue weighted by molar-refractivity contribution is 6.35. The predicted molar refractivity (Wildman–Crippen MR) is 74.9 cm³/mol. The van der Waals surface area contributed by atoms with Crippen molar-refractivity contribution in [3.8, 4) is 11.5 Å². The van der Waals surface area contributed by atoms with E-state index in [0.29, 0.717) is 10.8 Å². The Hall–Kier alpha value is -1.42. The van der Waals surface area contributed by atoms with Crippen molar-refractivity contribution < 1.29 is 14.6 Å². The maximum atomic E-state index is 11.2. The molecule has 0 radical (unpaired) electrons. The molecule has 0 amide bonds. The third-order valence-electron chi connectivity index (χ3n) is 2.30. The van der Waals surface area contributed by atoms with Crippen LogP contribution >= 0.6 is 34.8 Å². The zero-order valence-corrected chi connectivity index (χ0v) is 11.6. The quantitative estimate of drug-likeness (QED) is 0.853. The summed E-state index contributed by atoms with van der Waals surface area (Å²) in [5.41, 5.74) is -0.116. The van der Waals surface area contributed by atoms with Gasteiger partial charge in [0.2, 0.25) is 0 Å². The highest BCUT2D eigenvalue weighted by Crippen LogP contribution is 2.35. The first-order valence-electron chi connectivity index (χ1n) is 5.13. The Morgan fingerprint density at radius 1 is 1.00 bits per heavy atom. The van der Waals surface area contributed by atoms with Gasteiger partial charge in [-0.3, -0.25) is 0 Å². The molecule has 0 atom stereocenters. The van der Waals surface area contributed by atoms with Crippen LogP contribution < -0.4 is 4.74 Å². The summed E-state index contributed by atoms with van der Waals surface area (Å²) in [5.74, 6) is -0.759. The highest BCUT2D eigenvalue weighted by Gasteiger charge is 2.17. The summed E-state index contributed by atoms with van der Waals surface area (Å²) in [6, 6.07) is 9.21. The summed E-state index contributed by atoms with van der Waals surface area (Å²) in [6.45, 7) is 0. The number of carbonyl (C=O) groups is 1. The van der Waals surface area contributed by atoms with E-state index in [1.165, 1.54) is 18.2 Å². The average Bonchev–Trinajstić information content (AvgIpc) is 2.32. The Labute approximate surface area is 124 Å². The minimum Gasteiger partial charge on any atom is -0.478 e. The topological polar surface area (TPSA) is 46.5 Å². The third kappa shape index (κ3) is 3.13. The number of hydrogen-bond acceptors (Lipinski definition) is 2. The molecule has 2 aromatic carbocycles. The largest absolute Gasteiger partial charge is 0.478 e. The first-order chi connectivity index (χ1) is 8.99. The van der Waals surface area contributed by atoms with Crippen molar-refractivity contribution in [2.75, 3.05) is 0 Å². The normalized spacial score (nSPS) is 10.3. The minimum absolute atomic E-state index is 0.0927. The number of benzene rings is 2. The third-order valence-corrected chi connectivity index (χ3v) is 3.15. The Balaban J connectivity index is 2.44. The molecule has 98 valence electrons. The highest BCUT2D eigenvalue weighted by atomic mass is 35.5. The minimum atomic E-state index is -1.18. The average molecular weight is 318 g/mol. The van der Waals surface area contributed by atoms with Gasteiger partial charge in [0.25, 0.3) is 0 Å². The summed E-state index contributed by atoms with van der Waals surface area (Å²) in [4.78, 5) is 11.2. The number of carboxylic acids is 1. The van der Waals surface area contributed by atoms with Gasteiger partial charge in [-0.1, -0.05) is 40.9 Å². The van der Waals surface area contributed by atoms with Crippen LogP contribution in [0.15, 0.2) is 36.4 Å². The molecule has 0 spiro atoms. The lowest BCUT2D eigenvalue weighted by molar-refractivity contribution is 0.0694. The smallest absolute Gasteiger partial charge is 0.341 e. The number of hydrogen-bond donors (Lipinski definition) is 1. The SMILES string of the molecule is O=C(O)c1c(Cl)cccc1Oc1ccc(Cl)cc1Cl. The molecule has 0 aliphatic rings. The van der Waals surface area contributed by atoms with E-state index in [2.05, 4.69) is 0 Å². The number of halogens is 3. The fourth-order valence-electron chi connectivity index (χ4n) is 1.47. The van der Waals surface area contributed by atoms with Crippen molar-refractivity contribution in [3.05, 3.63) is 57.0 Å². The molecule has 2 aromatic rings. The molecule has 0 aliphatic heterocycles. The van der Waals surface area contributed by atoms with Gasteiger partial charge >= 0.3 is 5.97 Å². The van der Waals surface area contributed by atoms with Crippen LogP contribution in [-0.4, -0.2) is 11.1 Å². The van der Waals surface area contributed by atoms with E-state index in [9.17, 15) is 4.79 Å². The molecule has 0 saturated carbocycles. The molecule has 0 unspecified atom stereocenters. The molecule has 19 heavy (non-hydrogen) atoms. The van der Waals surface area contributed by atoms with E-state index < -0.39 is 5.97 Å². The Morgan fingerprint density at radius 3 is 2.37 bits per heavy atom. The number of carboxylic acid groups (broad SMARTS) is 1. The maximum absolute atomic E-state index is 11.2. The summed E-state index contributed by atoms with van der Waals surface area (Å²) in [6.07, 6.45) is 0. The van der Waals surface area contributed by atoms with Gasteiger partial charge in [-0.15, -0.1) is 0 Å². The molecular formula is C13H7Cl3O3. The Kier molecular flexibility index (Phi) is 4.20. The van der Waals surface area contributed by atoms with Crippen LogP contribution in [0.3, 0.4) is 0 Å². The molecule has 6 heteroatoms.